The van der Waals surface area contributed by atoms with E-state index >= 15 is 0 Å². The highest BCUT2D eigenvalue weighted by molar-refractivity contribution is 5.33. The number of para-hydroxylation sites is 1. The van der Waals surface area contributed by atoms with Gasteiger partial charge in [-0.1, -0.05) is 31.7 Å². The third kappa shape index (κ3) is 4.21. The van der Waals surface area contributed by atoms with Crippen molar-refractivity contribution in [3.05, 3.63) is 59.9 Å². The van der Waals surface area contributed by atoms with E-state index < -0.39 is 0 Å². The maximum atomic E-state index is 5.82. The van der Waals surface area contributed by atoms with E-state index in [-0.39, 0.29) is 6.04 Å². The molecule has 0 aliphatic heterocycles. The normalized spacial score (nSPS) is 12.1. The molecule has 1 unspecified atom stereocenters. The molecule has 0 aliphatic rings. The fourth-order valence-electron chi connectivity index (χ4n) is 2.41. The van der Waals surface area contributed by atoms with Gasteiger partial charge in [0.2, 0.25) is 0 Å². The van der Waals surface area contributed by atoms with Crippen molar-refractivity contribution >= 4 is 0 Å². The van der Waals surface area contributed by atoms with Gasteiger partial charge in [-0.05, 0) is 31.1 Å². The average molecular weight is 299 g/mol. The Morgan fingerprint density at radius 1 is 1.36 bits per heavy atom. The van der Waals surface area contributed by atoms with Crippen LogP contribution in [0.25, 0.3) is 0 Å². The second kappa shape index (κ2) is 7.80. The van der Waals surface area contributed by atoms with Gasteiger partial charge in [0.05, 0.1) is 5.69 Å². The number of hydrogen-bond acceptors (Lipinski definition) is 3. The quantitative estimate of drug-likeness (QED) is 0.757. The molecule has 118 valence electrons. The lowest BCUT2D eigenvalue weighted by Gasteiger charge is -2.19. The predicted octanol–water partition coefficient (Wildman–Crippen LogP) is 3.62. The molecule has 0 saturated carbocycles. The van der Waals surface area contributed by atoms with Crippen molar-refractivity contribution < 1.29 is 4.74 Å². The fourth-order valence-corrected chi connectivity index (χ4v) is 2.41. The van der Waals surface area contributed by atoms with Crippen molar-refractivity contribution in [3.63, 3.8) is 0 Å². The zero-order valence-electron chi connectivity index (χ0n) is 13.7. The van der Waals surface area contributed by atoms with E-state index in [0.29, 0.717) is 6.61 Å². The van der Waals surface area contributed by atoms with Gasteiger partial charge in [-0.25, -0.2) is 0 Å². The molecule has 0 aliphatic carbocycles. The molecule has 0 amide bonds. The van der Waals surface area contributed by atoms with Crippen LogP contribution < -0.4 is 10.1 Å². The maximum Gasteiger partial charge on any atom is 0.124 e. The molecule has 0 radical (unpaired) electrons. The van der Waals surface area contributed by atoms with Gasteiger partial charge < -0.3 is 10.1 Å². The Balaban J connectivity index is 2.04. The third-order valence-electron chi connectivity index (χ3n) is 3.61. The molecule has 0 bridgehead atoms. The summed E-state index contributed by atoms with van der Waals surface area (Å²) in [4.78, 5) is 0. The first kappa shape index (κ1) is 16.3. The summed E-state index contributed by atoms with van der Waals surface area (Å²) in [6, 6.07) is 10.5. The molecule has 0 fully saturated rings. The van der Waals surface area contributed by atoms with Crippen LogP contribution in [-0.2, 0) is 13.6 Å². The van der Waals surface area contributed by atoms with Crippen LogP contribution in [0.3, 0.4) is 0 Å². The summed E-state index contributed by atoms with van der Waals surface area (Å²) in [7, 11) is 1.98. The van der Waals surface area contributed by atoms with Crippen LogP contribution in [0.2, 0.25) is 0 Å². The molecule has 2 rings (SSSR count). The van der Waals surface area contributed by atoms with Crippen LogP contribution in [0.4, 0.5) is 0 Å². The average Bonchev–Trinajstić information content (AvgIpc) is 2.93. The minimum atomic E-state index is 0.279. The van der Waals surface area contributed by atoms with Gasteiger partial charge in [0.1, 0.15) is 12.4 Å². The monoisotopic (exact) mass is 299 g/mol. The first-order chi connectivity index (χ1) is 10.6. The standard InChI is InChI=1S/C18H25N3O/c1-5-16(17-10-11-20-21(17)4)19-12-15-8-6-7-9-18(15)22-13-14(2)3/h6-11,16,19H,2,5,12-13H2,1,3-4H3. The van der Waals surface area contributed by atoms with E-state index in [0.717, 1.165) is 29.9 Å². The Bertz CT molecular complexity index is 618. The minimum absolute atomic E-state index is 0.279. The number of nitrogens with zero attached hydrogens (tertiary/aromatic N) is 2. The molecule has 1 N–H and O–H groups in total. The van der Waals surface area contributed by atoms with Crippen LogP contribution in [0, 0.1) is 0 Å². The lowest BCUT2D eigenvalue weighted by atomic mass is 10.1. The van der Waals surface area contributed by atoms with Crippen LogP contribution >= 0.6 is 0 Å². The molecule has 1 atom stereocenters. The molecule has 4 heteroatoms. The zero-order valence-corrected chi connectivity index (χ0v) is 13.7. The minimum Gasteiger partial charge on any atom is -0.489 e. The van der Waals surface area contributed by atoms with Crippen molar-refractivity contribution in [1.82, 2.24) is 15.1 Å². The van der Waals surface area contributed by atoms with Gasteiger partial charge in [0, 0.05) is 31.4 Å². The number of ether oxygens (including phenoxy) is 1. The van der Waals surface area contributed by atoms with Crippen molar-refractivity contribution in [1.29, 1.82) is 0 Å². The largest absolute Gasteiger partial charge is 0.489 e. The molecule has 22 heavy (non-hydrogen) atoms. The van der Waals surface area contributed by atoms with Gasteiger partial charge in [-0.2, -0.15) is 5.10 Å². The van der Waals surface area contributed by atoms with Gasteiger partial charge in [0.25, 0.3) is 0 Å². The Morgan fingerprint density at radius 3 is 2.77 bits per heavy atom. The second-order valence-corrected chi connectivity index (χ2v) is 5.57. The summed E-state index contributed by atoms with van der Waals surface area (Å²) in [5.74, 6) is 0.915. The predicted molar refractivity (Wildman–Crippen MR) is 89.8 cm³/mol. The van der Waals surface area contributed by atoms with E-state index in [1.807, 2.05) is 43.0 Å². The number of aryl methyl sites for hydroxylation is 1. The molecule has 4 nitrogen and oxygen atoms in total. The lowest BCUT2D eigenvalue weighted by Crippen LogP contribution is -2.23. The van der Waals surface area contributed by atoms with Gasteiger partial charge in [-0.15, -0.1) is 0 Å². The fraction of sp³-hybridized carbons (Fsp3) is 0.389. The lowest BCUT2D eigenvalue weighted by molar-refractivity contribution is 0.346. The van der Waals surface area contributed by atoms with E-state index in [4.69, 9.17) is 4.74 Å². The van der Waals surface area contributed by atoms with Crippen molar-refractivity contribution in [2.75, 3.05) is 6.61 Å². The van der Waals surface area contributed by atoms with Crippen LogP contribution in [-0.4, -0.2) is 16.4 Å². The molecule has 1 aromatic heterocycles. The van der Waals surface area contributed by atoms with Crippen molar-refractivity contribution in [2.45, 2.75) is 32.9 Å². The van der Waals surface area contributed by atoms with Crippen molar-refractivity contribution in [2.24, 2.45) is 7.05 Å². The Kier molecular flexibility index (Phi) is 5.78. The maximum absolute atomic E-state index is 5.82. The van der Waals surface area contributed by atoms with Crippen molar-refractivity contribution in [3.8, 4) is 5.75 Å². The smallest absolute Gasteiger partial charge is 0.124 e. The van der Waals surface area contributed by atoms with E-state index in [9.17, 15) is 0 Å². The molecule has 1 aromatic carbocycles. The second-order valence-electron chi connectivity index (χ2n) is 5.57. The first-order valence-corrected chi connectivity index (χ1v) is 7.68. The van der Waals surface area contributed by atoms with Crippen LogP contribution in [0.15, 0.2) is 48.7 Å². The van der Waals surface area contributed by atoms with Gasteiger partial charge in [-0.3, -0.25) is 4.68 Å². The van der Waals surface area contributed by atoms with Crippen LogP contribution in [0.5, 0.6) is 5.75 Å². The Labute approximate surface area is 132 Å². The third-order valence-corrected chi connectivity index (χ3v) is 3.61. The SMILES string of the molecule is C=C(C)COc1ccccc1CNC(CC)c1ccnn1C. The molecule has 2 aromatic rings. The highest BCUT2D eigenvalue weighted by atomic mass is 16.5. The van der Waals surface area contributed by atoms with Gasteiger partial charge in [0.15, 0.2) is 0 Å². The topological polar surface area (TPSA) is 39.1 Å². The highest BCUT2D eigenvalue weighted by Gasteiger charge is 2.13. The molecular formula is C18H25N3O. The number of aromatic nitrogens is 2. The number of benzene rings is 1. The van der Waals surface area contributed by atoms with Crippen LogP contribution in [0.1, 0.15) is 37.6 Å². The number of hydrogen-bond donors (Lipinski definition) is 1. The molecule has 0 spiro atoms. The van der Waals surface area contributed by atoms with E-state index in [1.165, 1.54) is 5.69 Å². The number of rotatable bonds is 8. The van der Waals surface area contributed by atoms with Gasteiger partial charge >= 0.3 is 0 Å². The summed E-state index contributed by atoms with van der Waals surface area (Å²) < 4.78 is 7.74. The Morgan fingerprint density at radius 2 is 2.14 bits per heavy atom. The summed E-state index contributed by atoms with van der Waals surface area (Å²) in [6.07, 6.45) is 2.85. The summed E-state index contributed by atoms with van der Waals surface area (Å²) in [5, 5.41) is 7.84. The summed E-state index contributed by atoms with van der Waals surface area (Å²) >= 11 is 0. The molecule has 1 heterocycles. The molecule has 0 saturated heterocycles. The summed E-state index contributed by atoms with van der Waals surface area (Å²) in [6.45, 7) is 9.34. The molecular weight excluding hydrogens is 274 g/mol. The highest BCUT2D eigenvalue weighted by Crippen LogP contribution is 2.21. The van der Waals surface area contributed by atoms with E-state index in [2.05, 4.69) is 36.1 Å². The van der Waals surface area contributed by atoms with E-state index in [1.54, 1.807) is 0 Å². The summed E-state index contributed by atoms with van der Waals surface area (Å²) in [5.41, 5.74) is 3.37. The first-order valence-electron chi connectivity index (χ1n) is 7.68. The number of nitrogens with one attached hydrogen (secondary N) is 1. The zero-order chi connectivity index (χ0) is 15.9. The Hall–Kier alpha value is -2.07.